The molecule has 0 radical (unpaired) electrons. The molecule has 1 aliphatic rings. The van der Waals surface area contributed by atoms with E-state index in [4.69, 9.17) is 9.73 Å². The number of para-hydroxylation sites is 1. The lowest BCUT2D eigenvalue weighted by molar-refractivity contribution is -0.121. The van der Waals surface area contributed by atoms with Gasteiger partial charge in [0.25, 0.3) is 0 Å². The van der Waals surface area contributed by atoms with Gasteiger partial charge in [0.05, 0.1) is 25.3 Å². The Morgan fingerprint density at radius 3 is 2.30 bits per heavy atom. The van der Waals surface area contributed by atoms with Crippen molar-refractivity contribution in [2.75, 3.05) is 46.2 Å². The predicted molar refractivity (Wildman–Crippen MR) is 182 cm³/mol. The first-order valence-corrected chi connectivity index (χ1v) is 15.6. The highest BCUT2D eigenvalue weighted by atomic mass is 16.5. The van der Waals surface area contributed by atoms with Gasteiger partial charge < -0.3 is 24.8 Å². The number of methoxy groups -OCH3 is 1. The standard InChI is InChI=1S/C37H45N5O2/c1-40(2)23-11-5-6-12-24-41(3)37-39-34-16-10-9-15-33(34)35(26-36(43)38-27-28-17-21-32(44-4)22-18-28)42(37)31-20-19-29-13-7-8-14-30(29)25-31/h7-10,13-22,25,35H,5-6,11-12,23-24,26-27H2,1-4H3,(H,38,43). The number of benzene rings is 4. The molecule has 7 heteroatoms. The van der Waals surface area contributed by atoms with Crippen LogP contribution in [-0.4, -0.2) is 63.0 Å². The lowest BCUT2D eigenvalue weighted by Gasteiger charge is -2.41. The topological polar surface area (TPSA) is 60.4 Å². The molecule has 0 spiro atoms. The minimum Gasteiger partial charge on any atom is -0.497 e. The molecule has 230 valence electrons. The first kappa shape index (κ1) is 31.1. The van der Waals surface area contributed by atoms with Crippen LogP contribution >= 0.6 is 0 Å². The van der Waals surface area contributed by atoms with Gasteiger partial charge in [-0.3, -0.25) is 4.79 Å². The second-order valence-electron chi connectivity index (χ2n) is 11.9. The SMILES string of the molecule is COc1ccc(CNC(=O)CC2c3ccccc3N=C(N(C)CCCCCCN(C)C)N2c2ccc3ccccc3c2)cc1. The number of hydrogen-bond acceptors (Lipinski definition) is 6. The number of anilines is 1. The predicted octanol–water partition coefficient (Wildman–Crippen LogP) is 7.16. The van der Waals surface area contributed by atoms with E-state index in [1.54, 1.807) is 7.11 Å². The fourth-order valence-electron chi connectivity index (χ4n) is 5.83. The summed E-state index contributed by atoms with van der Waals surface area (Å²) < 4.78 is 5.28. The minimum atomic E-state index is -0.210. The molecule has 44 heavy (non-hydrogen) atoms. The number of rotatable bonds is 13. The number of hydrogen-bond donors (Lipinski definition) is 1. The maximum Gasteiger partial charge on any atom is 0.222 e. The summed E-state index contributed by atoms with van der Waals surface area (Å²) >= 11 is 0. The number of guanidine groups is 1. The molecule has 0 saturated carbocycles. The second-order valence-corrected chi connectivity index (χ2v) is 11.9. The smallest absolute Gasteiger partial charge is 0.222 e. The zero-order chi connectivity index (χ0) is 30.9. The summed E-state index contributed by atoms with van der Waals surface area (Å²) in [7, 11) is 8.04. The number of fused-ring (bicyclic) bond motifs is 2. The Balaban J connectivity index is 1.41. The van der Waals surface area contributed by atoms with Crippen molar-refractivity contribution in [1.29, 1.82) is 0 Å². The largest absolute Gasteiger partial charge is 0.497 e. The number of aliphatic imine (C=N–C) groups is 1. The monoisotopic (exact) mass is 591 g/mol. The molecular weight excluding hydrogens is 546 g/mol. The quantitative estimate of drug-likeness (QED) is 0.167. The zero-order valence-corrected chi connectivity index (χ0v) is 26.5. The molecule has 1 heterocycles. The summed E-state index contributed by atoms with van der Waals surface area (Å²) in [5.41, 5.74) is 4.04. The van der Waals surface area contributed by atoms with Crippen molar-refractivity contribution in [3.8, 4) is 5.75 Å². The van der Waals surface area contributed by atoms with E-state index in [1.165, 1.54) is 24.6 Å². The molecule has 1 amide bonds. The third-order valence-electron chi connectivity index (χ3n) is 8.27. The summed E-state index contributed by atoms with van der Waals surface area (Å²) in [6.07, 6.45) is 4.99. The van der Waals surface area contributed by atoms with E-state index in [2.05, 4.69) is 95.8 Å². The van der Waals surface area contributed by atoms with Crippen LogP contribution in [0.4, 0.5) is 11.4 Å². The van der Waals surface area contributed by atoms with Crippen molar-refractivity contribution in [2.45, 2.75) is 44.7 Å². The molecule has 1 unspecified atom stereocenters. The summed E-state index contributed by atoms with van der Waals surface area (Å²) in [6.45, 7) is 2.47. The van der Waals surface area contributed by atoms with Gasteiger partial charge >= 0.3 is 0 Å². The number of carbonyl (C=O) groups excluding carboxylic acids is 1. The summed E-state index contributed by atoms with van der Waals surface area (Å²) in [5, 5.41) is 5.51. The Hall–Kier alpha value is -4.36. The number of nitrogens with zero attached hydrogens (tertiary/aromatic N) is 4. The van der Waals surface area contributed by atoms with Gasteiger partial charge in [0, 0.05) is 31.4 Å². The van der Waals surface area contributed by atoms with Crippen LogP contribution < -0.4 is 15.0 Å². The van der Waals surface area contributed by atoms with E-state index >= 15 is 0 Å². The Labute approximate surface area is 262 Å². The van der Waals surface area contributed by atoms with Gasteiger partial charge in [-0.2, -0.15) is 0 Å². The van der Waals surface area contributed by atoms with E-state index in [9.17, 15) is 4.79 Å². The van der Waals surface area contributed by atoms with Crippen LogP contribution in [0, 0.1) is 0 Å². The van der Waals surface area contributed by atoms with Crippen LogP contribution in [-0.2, 0) is 11.3 Å². The van der Waals surface area contributed by atoms with Crippen molar-refractivity contribution < 1.29 is 9.53 Å². The number of nitrogens with one attached hydrogen (secondary N) is 1. The van der Waals surface area contributed by atoms with Gasteiger partial charge in [-0.05, 0) is 80.1 Å². The molecule has 0 aliphatic carbocycles. The van der Waals surface area contributed by atoms with Gasteiger partial charge in [-0.25, -0.2) is 4.99 Å². The van der Waals surface area contributed by atoms with Crippen molar-refractivity contribution in [3.05, 3.63) is 102 Å². The molecule has 0 bridgehead atoms. The Kier molecular flexibility index (Phi) is 10.5. The Bertz CT molecular complexity index is 1570. The van der Waals surface area contributed by atoms with Crippen LogP contribution in [0.1, 0.15) is 49.3 Å². The maximum absolute atomic E-state index is 13.6. The van der Waals surface area contributed by atoms with E-state index in [-0.39, 0.29) is 11.9 Å². The highest BCUT2D eigenvalue weighted by molar-refractivity contribution is 6.02. The van der Waals surface area contributed by atoms with E-state index in [0.717, 1.165) is 59.1 Å². The fourth-order valence-corrected chi connectivity index (χ4v) is 5.83. The number of ether oxygens (including phenoxy) is 1. The molecule has 4 aromatic rings. The molecular formula is C37H45N5O2. The second kappa shape index (κ2) is 14.9. The molecule has 7 nitrogen and oxygen atoms in total. The lowest BCUT2D eigenvalue weighted by Crippen LogP contribution is -2.47. The molecule has 4 aromatic carbocycles. The highest BCUT2D eigenvalue weighted by Crippen LogP contribution is 2.41. The average molecular weight is 592 g/mol. The van der Waals surface area contributed by atoms with Crippen LogP contribution in [0.5, 0.6) is 5.75 Å². The average Bonchev–Trinajstić information content (AvgIpc) is 3.05. The highest BCUT2D eigenvalue weighted by Gasteiger charge is 2.34. The van der Waals surface area contributed by atoms with Crippen LogP contribution in [0.25, 0.3) is 10.8 Å². The van der Waals surface area contributed by atoms with Gasteiger partial charge in [-0.15, -0.1) is 0 Å². The normalized spacial score (nSPS) is 14.3. The van der Waals surface area contributed by atoms with E-state index < -0.39 is 0 Å². The van der Waals surface area contributed by atoms with Crippen molar-refractivity contribution in [2.24, 2.45) is 4.99 Å². The van der Waals surface area contributed by atoms with Crippen molar-refractivity contribution in [1.82, 2.24) is 15.1 Å². The summed E-state index contributed by atoms with van der Waals surface area (Å²) in [5.74, 6) is 1.67. The first-order chi connectivity index (χ1) is 21.4. The Morgan fingerprint density at radius 2 is 1.55 bits per heavy atom. The molecule has 1 N–H and O–H groups in total. The molecule has 1 aliphatic heterocycles. The molecule has 1 atom stereocenters. The van der Waals surface area contributed by atoms with E-state index in [0.29, 0.717) is 13.0 Å². The molecule has 0 fully saturated rings. The fraction of sp³-hybridized carbons (Fsp3) is 0.351. The summed E-state index contributed by atoms with van der Waals surface area (Å²) in [4.78, 5) is 25.6. The third kappa shape index (κ3) is 7.77. The first-order valence-electron chi connectivity index (χ1n) is 15.6. The van der Waals surface area contributed by atoms with Crippen LogP contribution in [0.2, 0.25) is 0 Å². The maximum atomic E-state index is 13.6. The number of amides is 1. The van der Waals surface area contributed by atoms with Gasteiger partial charge in [0.2, 0.25) is 11.9 Å². The molecule has 0 aromatic heterocycles. The summed E-state index contributed by atoms with van der Waals surface area (Å²) in [6, 6.07) is 30.8. The van der Waals surface area contributed by atoms with Crippen LogP contribution in [0.3, 0.4) is 0 Å². The zero-order valence-electron chi connectivity index (χ0n) is 26.5. The van der Waals surface area contributed by atoms with Gasteiger partial charge in [0.1, 0.15) is 5.75 Å². The third-order valence-corrected chi connectivity index (χ3v) is 8.27. The van der Waals surface area contributed by atoms with E-state index in [1.807, 2.05) is 36.4 Å². The van der Waals surface area contributed by atoms with Gasteiger partial charge in [-0.1, -0.05) is 73.5 Å². The minimum absolute atomic E-state index is 0.00351. The molecule has 0 saturated heterocycles. The lowest BCUT2D eigenvalue weighted by atomic mass is 9.96. The molecule has 5 rings (SSSR count). The van der Waals surface area contributed by atoms with Crippen LogP contribution in [0.15, 0.2) is 96.0 Å². The van der Waals surface area contributed by atoms with Crippen molar-refractivity contribution in [3.63, 3.8) is 0 Å². The number of unbranched alkanes of at least 4 members (excludes halogenated alkanes) is 3. The Morgan fingerprint density at radius 1 is 0.841 bits per heavy atom. The number of carbonyl (C=O) groups is 1. The van der Waals surface area contributed by atoms with Gasteiger partial charge in [0.15, 0.2) is 0 Å². The van der Waals surface area contributed by atoms with Crippen molar-refractivity contribution >= 4 is 34.0 Å².